The fourth-order valence-corrected chi connectivity index (χ4v) is 4.82. The van der Waals surface area contributed by atoms with E-state index in [1.807, 2.05) is 12.1 Å². The van der Waals surface area contributed by atoms with Gasteiger partial charge in [-0.1, -0.05) is 24.0 Å². The van der Waals surface area contributed by atoms with Gasteiger partial charge in [0.15, 0.2) is 0 Å². The molecule has 4 rings (SSSR count). The Balaban J connectivity index is 1.50. The van der Waals surface area contributed by atoms with E-state index < -0.39 is 6.10 Å². The highest BCUT2D eigenvalue weighted by atomic mass is 16.3. The number of nitrogens with zero attached hydrogens (tertiary/aromatic N) is 2. The summed E-state index contributed by atoms with van der Waals surface area (Å²) in [6.45, 7) is 6.63. The van der Waals surface area contributed by atoms with E-state index >= 15 is 0 Å². The minimum Gasteiger partial charge on any atom is -0.395 e. The van der Waals surface area contributed by atoms with Crippen molar-refractivity contribution in [2.24, 2.45) is 5.92 Å². The van der Waals surface area contributed by atoms with Crippen LogP contribution in [0.4, 0.5) is 0 Å². The van der Waals surface area contributed by atoms with Crippen molar-refractivity contribution >= 4 is 0 Å². The zero-order valence-electron chi connectivity index (χ0n) is 16.3. The molecular weight excluding hydrogens is 336 g/mol. The molecule has 1 saturated carbocycles. The van der Waals surface area contributed by atoms with Crippen molar-refractivity contribution in [2.75, 3.05) is 32.8 Å². The van der Waals surface area contributed by atoms with Crippen LogP contribution in [-0.2, 0) is 0 Å². The lowest BCUT2D eigenvalue weighted by molar-refractivity contribution is -0.0649. The highest BCUT2D eigenvalue weighted by Gasteiger charge is 2.49. The minimum atomic E-state index is -0.601. The zero-order chi connectivity index (χ0) is 18.8. The van der Waals surface area contributed by atoms with E-state index in [9.17, 15) is 10.2 Å². The van der Waals surface area contributed by atoms with E-state index in [0.29, 0.717) is 12.0 Å². The Hall–Kier alpha value is -1.38. The van der Waals surface area contributed by atoms with Gasteiger partial charge in [-0.25, -0.2) is 0 Å². The SMILES string of the molecule is C[C@@H](O)C#Cc1ccc([C@H]2[C@H]3CN(CC4CC4)CCCCN3[C@H]2CO)cc1. The first-order valence-corrected chi connectivity index (χ1v) is 10.5. The van der Waals surface area contributed by atoms with Crippen molar-refractivity contribution in [1.82, 2.24) is 9.80 Å². The topological polar surface area (TPSA) is 46.9 Å². The third-order valence-electron chi connectivity index (χ3n) is 6.39. The van der Waals surface area contributed by atoms with E-state index in [2.05, 4.69) is 33.8 Å². The van der Waals surface area contributed by atoms with Crippen LogP contribution in [0.1, 0.15) is 49.7 Å². The molecule has 0 radical (unpaired) electrons. The first kappa shape index (κ1) is 19.0. The average Bonchev–Trinajstić information content (AvgIpc) is 3.45. The molecule has 27 heavy (non-hydrogen) atoms. The lowest BCUT2D eigenvalue weighted by Crippen LogP contribution is -2.67. The summed E-state index contributed by atoms with van der Waals surface area (Å²) in [5, 5.41) is 19.4. The summed E-state index contributed by atoms with van der Waals surface area (Å²) in [5.74, 6) is 7.14. The summed E-state index contributed by atoms with van der Waals surface area (Å²) < 4.78 is 0. The normalized spacial score (nSPS) is 30.3. The van der Waals surface area contributed by atoms with Gasteiger partial charge in [-0.2, -0.15) is 0 Å². The number of benzene rings is 1. The number of fused-ring (bicyclic) bond motifs is 1. The van der Waals surface area contributed by atoms with Gasteiger partial charge in [-0.15, -0.1) is 0 Å². The minimum absolute atomic E-state index is 0.230. The molecule has 1 aromatic rings. The number of rotatable bonds is 4. The quantitative estimate of drug-likeness (QED) is 0.799. The molecule has 0 amide bonds. The average molecular weight is 369 g/mol. The molecule has 3 fully saturated rings. The molecule has 1 aromatic carbocycles. The van der Waals surface area contributed by atoms with Crippen molar-refractivity contribution in [3.8, 4) is 11.8 Å². The molecule has 0 aromatic heterocycles. The highest BCUT2D eigenvalue weighted by molar-refractivity contribution is 5.39. The fraction of sp³-hybridized carbons (Fsp3) is 0.652. The Kier molecular flexibility index (Phi) is 5.85. The third-order valence-corrected chi connectivity index (χ3v) is 6.39. The summed E-state index contributed by atoms with van der Waals surface area (Å²) in [6, 6.07) is 9.18. The predicted octanol–water partition coefficient (Wildman–Crippen LogP) is 2.05. The molecule has 2 saturated heterocycles. The molecule has 3 aliphatic rings. The monoisotopic (exact) mass is 368 g/mol. The van der Waals surface area contributed by atoms with E-state index in [1.165, 1.54) is 44.3 Å². The van der Waals surface area contributed by atoms with Crippen LogP contribution in [0.25, 0.3) is 0 Å². The smallest absolute Gasteiger partial charge is 0.112 e. The van der Waals surface area contributed by atoms with Crippen LogP contribution in [0.15, 0.2) is 24.3 Å². The van der Waals surface area contributed by atoms with Gasteiger partial charge in [-0.3, -0.25) is 4.90 Å². The molecule has 146 valence electrons. The predicted molar refractivity (Wildman–Crippen MR) is 108 cm³/mol. The van der Waals surface area contributed by atoms with Crippen molar-refractivity contribution in [3.63, 3.8) is 0 Å². The molecule has 4 nitrogen and oxygen atoms in total. The molecule has 0 unspecified atom stereocenters. The maximum Gasteiger partial charge on any atom is 0.112 e. The number of hydrogen-bond donors (Lipinski definition) is 2. The molecular formula is C23H32N2O2. The number of aliphatic hydroxyl groups excluding tert-OH is 2. The van der Waals surface area contributed by atoms with Gasteiger partial charge in [0.2, 0.25) is 0 Å². The molecule has 2 N–H and O–H groups in total. The van der Waals surface area contributed by atoms with E-state index in [0.717, 1.165) is 24.6 Å². The Bertz CT molecular complexity index is 687. The Morgan fingerprint density at radius 3 is 2.56 bits per heavy atom. The van der Waals surface area contributed by atoms with Crippen molar-refractivity contribution in [2.45, 2.75) is 56.7 Å². The number of hydrogen-bond acceptors (Lipinski definition) is 4. The zero-order valence-corrected chi connectivity index (χ0v) is 16.3. The summed E-state index contributed by atoms with van der Waals surface area (Å²) in [4.78, 5) is 5.22. The van der Waals surface area contributed by atoms with Crippen molar-refractivity contribution in [1.29, 1.82) is 0 Å². The van der Waals surface area contributed by atoms with Gasteiger partial charge in [0.05, 0.1) is 6.61 Å². The van der Waals surface area contributed by atoms with E-state index in [1.54, 1.807) is 6.92 Å². The first-order valence-electron chi connectivity index (χ1n) is 10.5. The molecule has 1 aliphatic carbocycles. The van der Waals surface area contributed by atoms with Gasteiger partial charge in [0.1, 0.15) is 6.10 Å². The standard InChI is InChI=1S/C23H32N2O2/c1-17(27)4-5-18-8-10-20(11-9-18)23-21-15-24(14-19-6-7-19)12-2-3-13-25(21)22(23)16-26/h8-11,17,19,21-23,26-27H,2-3,6-7,12-16H2,1H3/t17-,21-,22+,23+/m1/s1. The maximum atomic E-state index is 10.0. The Morgan fingerprint density at radius 1 is 1.15 bits per heavy atom. The summed E-state index contributed by atoms with van der Waals surface area (Å²) in [7, 11) is 0. The summed E-state index contributed by atoms with van der Waals surface area (Å²) in [6.07, 6.45) is 4.71. The largest absolute Gasteiger partial charge is 0.395 e. The van der Waals surface area contributed by atoms with Gasteiger partial charge in [0, 0.05) is 36.7 Å². The molecule has 0 bridgehead atoms. The van der Waals surface area contributed by atoms with Crippen LogP contribution in [-0.4, -0.2) is 71.0 Å². The van der Waals surface area contributed by atoms with Crippen LogP contribution in [0, 0.1) is 17.8 Å². The third kappa shape index (κ3) is 4.38. The first-order chi connectivity index (χ1) is 13.2. The highest BCUT2D eigenvalue weighted by Crippen LogP contribution is 2.42. The Labute approximate surface area is 163 Å². The van der Waals surface area contributed by atoms with Crippen molar-refractivity contribution < 1.29 is 10.2 Å². The van der Waals surface area contributed by atoms with Gasteiger partial charge >= 0.3 is 0 Å². The maximum absolute atomic E-state index is 10.0. The van der Waals surface area contributed by atoms with Crippen molar-refractivity contribution in [3.05, 3.63) is 35.4 Å². The summed E-state index contributed by atoms with van der Waals surface area (Å²) >= 11 is 0. The van der Waals surface area contributed by atoms with Crippen LogP contribution in [0.5, 0.6) is 0 Å². The second-order valence-corrected chi connectivity index (χ2v) is 8.56. The van der Waals surface area contributed by atoms with Crippen LogP contribution >= 0.6 is 0 Å². The molecule has 4 heteroatoms. The Morgan fingerprint density at radius 2 is 1.89 bits per heavy atom. The lowest BCUT2D eigenvalue weighted by atomic mass is 9.74. The van der Waals surface area contributed by atoms with Gasteiger partial charge < -0.3 is 15.1 Å². The van der Waals surface area contributed by atoms with E-state index in [-0.39, 0.29) is 12.6 Å². The molecule has 2 aliphatic heterocycles. The fourth-order valence-electron chi connectivity index (χ4n) is 4.82. The van der Waals surface area contributed by atoms with E-state index in [4.69, 9.17) is 0 Å². The molecule has 0 spiro atoms. The molecule has 2 heterocycles. The van der Waals surface area contributed by atoms with Crippen LogP contribution in [0.2, 0.25) is 0 Å². The second-order valence-electron chi connectivity index (χ2n) is 8.56. The molecule has 4 atom stereocenters. The number of aliphatic hydroxyl groups is 2. The van der Waals surface area contributed by atoms with Crippen LogP contribution < -0.4 is 0 Å². The summed E-state index contributed by atoms with van der Waals surface area (Å²) in [5.41, 5.74) is 2.24. The van der Waals surface area contributed by atoms with Crippen LogP contribution in [0.3, 0.4) is 0 Å². The van der Waals surface area contributed by atoms with Gasteiger partial charge in [-0.05, 0) is 69.3 Å². The lowest BCUT2D eigenvalue weighted by Gasteiger charge is -2.57. The second kappa shape index (κ2) is 8.32. The van der Waals surface area contributed by atoms with Gasteiger partial charge in [0.25, 0.3) is 0 Å².